The number of carbonyl (C=O) groups is 1. The highest BCUT2D eigenvalue weighted by Crippen LogP contribution is 2.36. The fraction of sp³-hybridized carbons (Fsp3) is 0.0714. The average molecular weight is 210 g/mol. The first-order valence-corrected chi connectivity index (χ1v) is 5.22. The lowest BCUT2D eigenvalue weighted by atomic mass is 10.0. The topological polar surface area (TPSA) is 26.3 Å². The minimum atomic E-state index is -0.168. The summed E-state index contributed by atoms with van der Waals surface area (Å²) in [7, 11) is 0. The molecule has 2 heteroatoms. The second-order valence-electron chi connectivity index (χ2n) is 3.81. The lowest BCUT2D eigenvalue weighted by molar-refractivity contribution is -0.131. The maximum Gasteiger partial charge on any atom is 0.315 e. The van der Waals surface area contributed by atoms with E-state index in [0.717, 1.165) is 22.4 Å². The predicted molar refractivity (Wildman–Crippen MR) is 61.2 cm³/mol. The maximum absolute atomic E-state index is 11.3. The molecule has 0 fully saturated rings. The quantitative estimate of drug-likeness (QED) is 0.534. The first kappa shape index (κ1) is 9.16. The molecule has 0 N–H and O–H groups in total. The second-order valence-corrected chi connectivity index (χ2v) is 3.81. The van der Waals surface area contributed by atoms with Gasteiger partial charge in [0, 0.05) is 11.1 Å². The molecule has 2 aromatic carbocycles. The summed E-state index contributed by atoms with van der Waals surface area (Å²) in [5.41, 5.74) is 3.05. The molecule has 16 heavy (non-hydrogen) atoms. The van der Waals surface area contributed by atoms with Gasteiger partial charge in [0.2, 0.25) is 0 Å². The molecule has 0 aliphatic carbocycles. The minimum absolute atomic E-state index is 0.168. The molecule has 0 amide bonds. The van der Waals surface area contributed by atoms with E-state index in [9.17, 15) is 4.79 Å². The molecule has 2 nitrogen and oxygen atoms in total. The Balaban J connectivity index is 2.17. The van der Waals surface area contributed by atoms with Gasteiger partial charge < -0.3 is 4.74 Å². The first-order valence-electron chi connectivity index (χ1n) is 5.22. The molecule has 0 saturated carbocycles. The van der Waals surface area contributed by atoms with Crippen molar-refractivity contribution in [3.8, 4) is 16.9 Å². The van der Waals surface area contributed by atoms with Gasteiger partial charge in [-0.05, 0) is 5.56 Å². The molecule has 0 unspecified atom stereocenters. The molecule has 0 aromatic heterocycles. The van der Waals surface area contributed by atoms with E-state index in [1.165, 1.54) is 0 Å². The molecule has 3 rings (SSSR count). The normalized spacial score (nSPS) is 13.4. The standard InChI is InChI=1S/C14H10O2/c15-13-9-11-7-4-8-12(14(11)16-13)10-5-2-1-3-6-10/h1-8H,9H2. The lowest BCUT2D eigenvalue weighted by Crippen LogP contribution is -2.00. The van der Waals surface area contributed by atoms with Crippen LogP contribution in [0.15, 0.2) is 48.5 Å². The molecule has 0 bridgehead atoms. The van der Waals surface area contributed by atoms with Crippen molar-refractivity contribution >= 4 is 5.97 Å². The number of ether oxygens (including phenoxy) is 1. The van der Waals surface area contributed by atoms with Crippen molar-refractivity contribution in [3.05, 3.63) is 54.1 Å². The third kappa shape index (κ3) is 1.39. The second kappa shape index (κ2) is 3.49. The third-order valence-corrected chi connectivity index (χ3v) is 2.73. The highest BCUT2D eigenvalue weighted by Gasteiger charge is 2.23. The number of hydrogen-bond donors (Lipinski definition) is 0. The Morgan fingerprint density at radius 3 is 2.56 bits per heavy atom. The van der Waals surface area contributed by atoms with Crippen LogP contribution in [0, 0.1) is 0 Å². The minimum Gasteiger partial charge on any atom is -0.425 e. The van der Waals surface area contributed by atoms with E-state index in [-0.39, 0.29) is 5.97 Å². The predicted octanol–water partition coefficient (Wildman–Crippen LogP) is 2.82. The third-order valence-electron chi connectivity index (χ3n) is 2.73. The highest BCUT2D eigenvalue weighted by atomic mass is 16.5. The van der Waals surface area contributed by atoms with Crippen LogP contribution < -0.4 is 4.74 Å². The Kier molecular flexibility index (Phi) is 2.00. The van der Waals surface area contributed by atoms with Crippen LogP contribution in [-0.2, 0) is 11.2 Å². The zero-order valence-corrected chi connectivity index (χ0v) is 8.64. The monoisotopic (exact) mass is 210 g/mol. The van der Waals surface area contributed by atoms with Crippen molar-refractivity contribution in [1.82, 2.24) is 0 Å². The summed E-state index contributed by atoms with van der Waals surface area (Å²) >= 11 is 0. The van der Waals surface area contributed by atoms with Crippen LogP contribution in [0.4, 0.5) is 0 Å². The smallest absolute Gasteiger partial charge is 0.315 e. The molecular weight excluding hydrogens is 200 g/mol. The van der Waals surface area contributed by atoms with E-state index in [1.807, 2.05) is 48.5 Å². The van der Waals surface area contributed by atoms with E-state index >= 15 is 0 Å². The number of benzene rings is 2. The van der Waals surface area contributed by atoms with Gasteiger partial charge in [0.25, 0.3) is 0 Å². The van der Waals surface area contributed by atoms with Gasteiger partial charge in [-0.2, -0.15) is 0 Å². The Morgan fingerprint density at radius 2 is 1.75 bits per heavy atom. The van der Waals surface area contributed by atoms with E-state index in [1.54, 1.807) is 0 Å². The Hall–Kier alpha value is -2.09. The number of carbonyl (C=O) groups excluding carboxylic acids is 1. The molecule has 78 valence electrons. The molecule has 1 aliphatic heterocycles. The number of fused-ring (bicyclic) bond motifs is 1. The van der Waals surface area contributed by atoms with Crippen molar-refractivity contribution in [2.75, 3.05) is 0 Å². The van der Waals surface area contributed by atoms with Crippen LogP contribution in [0.25, 0.3) is 11.1 Å². The van der Waals surface area contributed by atoms with Crippen LogP contribution in [0.5, 0.6) is 5.75 Å². The van der Waals surface area contributed by atoms with Crippen LogP contribution in [0.2, 0.25) is 0 Å². The number of rotatable bonds is 1. The van der Waals surface area contributed by atoms with Gasteiger partial charge in [-0.25, -0.2) is 0 Å². The molecule has 0 radical (unpaired) electrons. The van der Waals surface area contributed by atoms with E-state index in [2.05, 4.69) is 0 Å². The van der Waals surface area contributed by atoms with Gasteiger partial charge in [0.1, 0.15) is 5.75 Å². The Bertz CT molecular complexity index is 544. The number of esters is 1. The lowest BCUT2D eigenvalue weighted by Gasteiger charge is -2.06. The summed E-state index contributed by atoms with van der Waals surface area (Å²) in [6, 6.07) is 15.8. The zero-order chi connectivity index (χ0) is 11.0. The summed E-state index contributed by atoms with van der Waals surface area (Å²) in [6.07, 6.45) is 0.385. The largest absolute Gasteiger partial charge is 0.425 e. The first-order chi connectivity index (χ1) is 7.84. The molecule has 1 aliphatic rings. The van der Waals surface area contributed by atoms with Gasteiger partial charge in [-0.1, -0.05) is 48.5 Å². The summed E-state index contributed by atoms with van der Waals surface area (Å²) < 4.78 is 5.25. The number of hydrogen-bond acceptors (Lipinski definition) is 2. The van der Waals surface area contributed by atoms with Gasteiger partial charge >= 0.3 is 5.97 Å². The fourth-order valence-corrected chi connectivity index (χ4v) is 2.00. The van der Waals surface area contributed by atoms with Gasteiger partial charge in [0.05, 0.1) is 6.42 Å². The zero-order valence-electron chi connectivity index (χ0n) is 8.64. The Labute approximate surface area is 93.5 Å². The van der Waals surface area contributed by atoms with Crippen LogP contribution in [-0.4, -0.2) is 5.97 Å². The molecule has 0 atom stereocenters. The Morgan fingerprint density at radius 1 is 0.938 bits per heavy atom. The number of para-hydroxylation sites is 1. The highest BCUT2D eigenvalue weighted by molar-refractivity contribution is 5.86. The molecule has 2 aromatic rings. The van der Waals surface area contributed by atoms with E-state index in [0.29, 0.717) is 6.42 Å². The van der Waals surface area contributed by atoms with Crippen LogP contribution in [0.1, 0.15) is 5.56 Å². The molecule has 0 saturated heterocycles. The van der Waals surface area contributed by atoms with Crippen molar-refractivity contribution in [2.24, 2.45) is 0 Å². The van der Waals surface area contributed by atoms with Crippen molar-refractivity contribution in [3.63, 3.8) is 0 Å². The molecule has 0 spiro atoms. The van der Waals surface area contributed by atoms with Crippen molar-refractivity contribution in [1.29, 1.82) is 0 Å². The van der Waals surface area contributed by atoms with Gasteiger partial charge in [0.15, 0.2) is 0 Å². The summed E-state index contributed by atoms with van der Waals surface area (Å²) in [6.45, 7) is 0. The SMILES string of the molecule is O=C1Cc2cccc(-c3ccccc3)c2O1. The summed E-state index contributed by atoms with van der Waals surface area (Å²) in [4.78, 5) is 11.3. The molecule has 1 heterocycles. The maximum atomic E-state index is 11.3. The van der Waals surface area contributed by atoms with Crippen LogP contribution in [0.3, 0.4) is 0 Å². The van der Waals surface area contributed by atoms with Crippen molar-refractivity contribution in [2.45, 2.75) is 6.42 Å². The summed E-state index contributed by atoms with van der Waals surface area (Å²) in [5.74, 6) is 0.553. The molecular formula is C14H10O2. The average Bonchev–Trinajstić information content (AvgIpc) is 2.70. The van der Waals surface area contributed by atoms with Gasteiger partial charge in [-0.15, -0.1) is 0 Å². The summed E-state index contributed by atoms with van der Waals surface area (Å²) in [5, 5.41) is 0. The van der Waals surface area contributed by atoms with E-state index in [4.69, 9.17) is 4.74 Å². The fourth-order valence-electron chi connectivity index (χ4n) is 2.00. The van der Waals surface area contributed by atoms with Crippen LogP contribution >= 0.6 is 0 Å². The van der Waals surface area contributed by atoms with Gasteiger partial charge in [-0.3, -0.25) is 4.79 Å². The van der Waals surface area contributed by atoms with Crippen molar-refractivity contribution < 1.29 is 9.53 Å². The van der Waals surface area contributed by atoms with E-state index < -0.39 is 0 Å².